The van der Waals surface area contributed by atoms with Gasteiger partial charge in [-0.15, -0.1) is 0 Å². The Morgan fingerprint density at radius 2 is 1.81 bits per heavy atom. The number of aromatic nitrogens is 2. The fourth-order valence-corrected chi connectivity index (χ4v) is 1.89. The second kappa shape index (κ2) is 6.87. The molecule has 1 aromatic carbocycles. The highest BCUT2D eigenvalue weighted by Gasteiger charge is 2.27. The van der Waals surface area contributed by atoms with Gasteiger partial charge in [0.05, 0.1) is 12.3 Å². The van der Waals surface area contributed by atoms with Crippen LogP contribution in [0.4, 0.5) is 13.2 Å². The van der Waals surface area contributed by atoms with Crippen LogP contribution in [0.3, 0.4) is 0 Å². The Balaban J connectivity index is 2.03. The normalized spacial score (nSPS) is 11.6. The SMILES string of the molecule is FC(F)(F)COCCc1nc(Cl)cc(-c2ccccc2)n1. The molecular formula is C14H12ClF3N2O. The summed E-state index contributed by atoms with van der Waals surface area (Å²) >= 11 is 5.91. The predicted octanol–water partition coefficient (Wildman–Crippen LogP) is 3.92. The first-order valence-electron chi connectivity index (χ1n) is 6.17. The average Bonchev–Trinajstić information content (AvgIpc) is 2.43. The molecule has 0 atom stereocenters. The lowest BCUT2D eigenvalue weighted by Gasteiger charge is -2.08. The van der Waals surface area contributed by atoms with Crippen molar-refractivity contribution in [1.82, 2.24) is 9.97 Å². The third kappa shape index (κ3) is 5.32. The lowest BCUT2D eigenvalue weighted by atomic mass is 10.1. The molecule has 3 nitrogen and oxygen atoms in total. The Morgan fingerprint density at radius 1 is 1.10 bits per heavy atom. The summed E-state index contributed by atoms with van der Waals surface area (Å²) < 4.78 is 40.4. The predicted molar refractivity (Wildman–Crippen MR) is 73.1 cm³/mol. The van der Waals surface area contributed by atoms with Gasteiger partial charge in [-0.1, -0.05) is 41.9 Å². The van der Waals surface area contributed by atoms with Crippen molar-refractivity contribution in [3.05, 3.63) is 47.4 Å². The molecule has 0 N–H and O–H groups in total. The maximum Gasteiger partial charge on any atom is 0.411 e. The molecule has 0 radical (unpaired) electrons. The molecule has 0 aliphatic carbocycles. The van der Waals surface area contributed by atoms with Crippen LogP contribution in [0.5, 0.6) is 0 Å². The van der Waals surface area contributed by atoms with Gasteiger partial charge in [0.1, 0.15) is 17.6 Å². The molecule has 1 heterocycles. The van der Waals surface area contributed by atoms with Gasteiger partial charge < -0.3 is 4.74 Å². The minimum Gasteiger partial charge on any atom is -0.372 e. The summed E-state index contributed by atoms with van der Waals surface area (Å²) in [5, 5.41) is 0.245. The maximum absolute atomic E-state index is 12.0. The van der Waals surface area contributed by atoms with Crippen LogP contribution in [-0.4, -0.2) is 29.4 Å². The number of halogens is 4. The van der Waals surface area contributed by atoms with Gasteiger partial charge in [0, 0.05) is 18.1 Å². The Morgan fingerprint density at radius 3 is 2.48 bits per heavy atom. The van der Waals surface area contributed by atoms with Crippen molar-refractivity contribution in [2.45, 2.75) is 12.6 Å². The number of rotatable bonds is 5. The van der Waals surface area contributed by atoms with Crippen molar-refractivity contribution in [2.75, 3.05) is 13.2 Å². The smallest absolute Gasteiger partial charge is 0.372 e. The molecule has 0 saturated heterocycles. The molecular weight excluding hydrogens is 305 g/mol. The lowest BCUT2D eigenvalue weighted by Crippen LogP contribution is -2.18. The minimum absolute atomic E-state index is 0.117. The molecule has 0 fully saturated rings. The van der Waals surface area contributed by atoms with Gasteiger partial charge >= 0.3 is 6.18 Å². The standard InChI is InChI=1S/C14H12ClF3N2O/c15-12-8-11(10-4-2-1-3-5-10)19-13(20-12)6-7-21-9-14(16,17)18/h1-5,8H,6-7,9H2. The molecule has 0 amide bonds. The van der Waals surface area contributed by atoms with Crippen LogP contribution in [0.1, 0.15) is 5.82 Å². The number of ether oxygens (including phenoxy) is 1. The zero-order valence-corrected chi connectivity index (χ0v) is 11.7. The molecule has 0 bridgehead atoms. The number of benzene rings is 1. The molecule has 7 heteroatoms. The zero-order valence-electron chi connectivity index (χ0n) is 10.9. The van der Waals surface area contributed by atoms with E-state index in [0.29, 0.717) is 11.5 Å². The van der Waals surface area contributed by atoms with Crippen molar-refractivity contribution < 1.29 is 17.9 Å². The van der Waals surface area contributed by atoms with Crippen molar-refractivity contribution in [3.8, 4) is 11.3 Å². The van der Waals surface area contributed by atoms with Crippen LogP contribution in [0.25, 0.3) is 11.3 Å². The van der Waals surface area contributed by atoms with Crippen LogP contribution >= 0.6 is 11.6 Å². The molecule has 2 aromatic rings. The third-order valence-corrected chi connectivity index (χ3v) is 2.74. The van der Waals surface area contributed by atoms with Crippen LogP contribution < -0.4 is 0 Å². The summed E-state index contributed by atoms with van der Waals surface area (Å²) in [5.74, 6) is 0.350. The summed E-state index contributed by atoms with van der Waals surface area (Å²) in [6.45, 7) is -1.40. The molecule has 0 spiro atoms. The maximum atomic E-state index is 12.0. The van der Waals surface area contributed by atoms with Gasteiger partial charge in [-0.25, -0.2) is 9.97 Å². The quantitative estimate of drug-likeness (QED) is 0.619. The van der Waals surface area contributed by atoms with Gasteiger partial charge in [0.25, 0.3) is 0 Å². The Labute approximate surface area is 124 Å². The van der Waals surface area contributed by atoms with Crippen LogP contribution in [-0.2, 0) is 11.2 Å². The lowest BCUT2D eigenvalue weighted by molar-refractivity contribution is -0.173. The largest absolute Gasteiger partial charge is 0.411 e. The first-order chi connectivity index (χ1) is 9.94. The highest BCUT2D eigenvalue weighted by Crippen LogP contribution is 2.20. The monoisotopic (exact) mass is 316 g/mol. The first kappa shape index (κ1) is 15.7. The van der Waals surface area contributed by atoms with E-state index in [4.69, 9.17) is 11.6 Å². The van der Waals surface area contributed by atoms with E-state index in [1.165, 1.54) is 0 Å². The summed E-state index contributed by atoms with van der Waals surface area (Å²) in [4.78, 5) is 8.27. The number of alkyl halides is 3. The summed E-state index contributed by atoms with van der Waals surface area (Å²) in [6.07, 6.45) is -4.17. The number of nitrogens with zero attached hydrogens (tertiary/aromatic N) is 2. The second-order valence-corrected chi connectivity index (χ2v) is 4.66. The molecule has 0 saturated carbocycles. The van der Waals surface area contributed by atoms with E-state index in [1.54, 1.807) is 6.07 Å². The van der Waals surface area contributed by atoms with Crippen LogP contribution in [0.15, 0.2) is 36.4 Å². The van der Waals surface area contributed by atoms with E-state index in [9.17, 15) is 13.2 Å². The Bertz CT molecular complexity index is 591. The van der Waals surface area contributed by atoms with Gasteiger partial charge in [-0.3, -0.25) is 0 Å². The van der Waals surface area contributed by atoms with Crippen molar-refractivity contribution in [3.63, 3.8) is 0 Å². The van der Waals surface area contributed by atoms with Gasteiger partial charge in [-0.2, -0.15) is 13.2 Å². The van der Waals surface area contributed by atoms with Crippen molar-refractivity contribution in [1.29, 1.82) is 0 Å². The van der Waals surface area contributed by atoms with Crippen molar-refractivity contribution >= 4 is 11.6 Å². The third-order valence-electron chi connectivity index (χ3n) is 2.55. The van der Waals surface area contributed by atoms with Crippen LogP contribution in [0, 0.1) is 0 Å². The summed E-state index contributed by atoms with van der Waals surface area (Å²) in [5.41, 5.74) is 1.49. The molecule has 112 valence electrons. The zero-order chi connectivity index (χ0) is 15.3. The molecule has 2 rings (SSSR count). The molecule has 1 aromatic heterocycles. The van der Waals surface area contributed by atoms with Crippen molar-refractivity contribution in [2.24, 2.45) is 0 Å². The fraction of sp³-hybridized carbons (Fsp3) is 0.286. The van der Waals surface area contributed by atoms with E-state index in [0.717, 1.165) is 5.56 Å². The van der Waals surface area contributed by atoms with Gasteiger partial charge in [0.15, 0.2) is 0 Å². The van der Waals surface area contributed by atoms with E-state index >= 15 is 0 Å². The van der Waals surface area contributed by atoms with E-state index < -0.39 is 12.8 Å². The van der Waals surface area contributed by atoms with E-state index in [1.807, 2.05) is 30.3 Å². The molecule has 21 heavy (non-hydrogen) atoms. The van der Waals surface area contributed by atoms with Gasteiger partial charge in [0.2, 0.25) is 0 Å². The summed E-state index contributed by atoms with van der Waals surface area (Å²) in [6, 6.07) is 10.9. The molecule has 0 aliphatic rings. The molecule has 0 aliphatic heterocycles. The summed E-state index contributed by atoms with van der Waals surface area (Å²) in [7, 11) is 0. The highest BCUT2D eigenvalue weighted by atomic mass is 35.5. The highest BCUT2D eigenvalue weighted by molar-refractivity contribution is 6.29. The van der Waals surface area contributed by atoms with E-state index in [2.05, 4.69) is 14.7 Å². The molecule has 0 unspecified atom stereocenters. The topological polar surface area (TPSA) is 35.0 Å². The minimum atomic E-state index is -4.33. The number of hydrogen-bond acceptors (Lipinski definition) is 3. The van der Waals surface area contributed by atoms with Gasteiger partial charge in [-0.05, 0) is 0 Å². The number of hydrogen-bond donors (Lipinski definition) is 0. The van der Waals surface area contributed by atoms with Crippen LogP contribution in [0.2, 0.25) is 5.15 Å². The first-order valence-corrected chi connectivity index (χ1v) is 6.55. The Hall–Kier alpha value is -1.66. The average molecular weight is 317 g/mol. The second-order valence-electron chi connectivity index (χ2n) is 4.28. The van der Waals surface area contributed by atoms with E-state index in [-0.39, 0.29) is 18.2 Å². The Kier molecular flexibility index (Phi) is 5.14. The fourth-order valence-electron chi connectivity index (χ4n) is 1.68.